The number of hydrogen-bond donors (Lipinski definition) is 1. The third-order valence-corrected chi connectivity index (χ3v) is 6.42. The summed E-state index contributed by atoms with van der Waals surface area (Å²) in [6.07, 6.45) is 6.24. The van der Waals surface area contributed by atoms with E-state index in [1.807, 2.05) is 6.92 Å². The quantitative estimate of drug-likeness (QED) is 0.418. The van der Waals surface area contributed by atoms with Gasteiger partial charge in [-0.3, -0.25) is 14.2 Å². The lowest BCUT2D eigenvalue weighted by Crippen LogP contribution is -2.47. The van der Waals surface area contributed by atoms with Crippen LogP contribution in [-0.4, -0.2) is 26.8 Å². The molecule has 1 aromatic carbocycles. The van der Waals surface area contributed by atoms with Crippen LogP contribution in [0.2, 0.25) is 5.02 Å². The van der Waals surface area contributed by atoms with Crippen molar-refractivity contribution in [3.05, 3.63) is 33.6 Å². The van der Waals surface area contributed by atoms with Crippen LogP contribution in [0.1, 0.15) is 51.9 Å². The van der Waals surface area contributed by atoms with E-state index in [0.717, 1.165) is 32.1 Å². The molecule has 6 nitrogen and oxygen atoms in total. The van der Waals surface area contributed by atoms with Gasteiger partial charge in [0.2, 0.25) is 5.91 Å². The Morgan fingerprint density at radius 3 is 2.72 bits per heavy atom. The fourth-order valence-electron chi connectivity index (χ4n) is 3.73. The van der Waals surface area contributed by atoms with E-state index in [2.05, 4.69) is 16.4 Å². The molecule has 154 valence electrons. The number of benzene rings is 1. The van der Waals surface area contributed by atoms with Gasteiger partial charge in [0.1, 0.15) is 5.54 Å². The summed E-state index contributed by atoms with van der Waals surface area (Å²) in [5.41, 5.74) is -0.384. The number of fused-ring (bicyclic) bond motifs is 1. The molecule has 3 rings (SSSR count). The summed E-state index contributed by atoms with van der Waals surface area (Å²) < 4.78 is 1.61. The molecule has 29 heavy (non-hydrogen) atoms. The first-order valence-corrected chi connectivity index (χ1v) is 11.4. The Bertz CT molecular complexity index is 991. The van der Waals surface area contributed by atoms with Crippen molar-refractivity contribution >= 4 is 40.2 Å². The highest BCUT2D eigenvalue weighted by atomic mass is 35.5. The van der Waals surface area contributed by atoms with E-state index in [-0.39, 0.29) is 17.2 Å². The third kappa shape index (κ3) is 5.12. The second-order valence-electron chi connectivity index (χ2n) is 7.46. The topological polar surface area (TPSA) is 87.8 Å². The predicted molar refractivity (Wildman–Crippen MR) is 116 cm³/mol. The first-order valence-electron chi connectivity index (χ1n) is 10.0. The summed E-state index contributed by atoms with van der Waals surface area (Å²) in [7, 11) is 0. The first-order chi connectivity index (χ1) is 14.0. The highest BCUT2D eigenvalue weighted by Crippen LogP contribution is 2.27. The van der Waals surface area contributed by atoms with Gasteiger partial charge in [-0.25, -0.2) is 4.98 Å². The van der Waals surface area contributed by atoms with Crippen LogP contribution in [0.3, 0.4) is 0 Å². The summed E-state index contributed by atoms with van der Waals surface area (Å²) in [5, 5.41) is 14.1. The van der Waals surface area contributed by atoms with Gasteiger partial charge in [-0.1, -0.05) is 56.0 Å². The number of hydrogen-bond acceptors (Lipinski definition) is 5. The SMILES string of the molecule is CCCn1c(SCC(=O)NC2(C#N)CCCCCC2)nc2cc(Cl)ccc2c1=O. The van der Waals surface area contributed by atoms with Crippen molar-refractivity contribution in [1.82, 2.24) is 14.9 Å². The fraction of sp³-hybridized carbons (Fsp3) is 0.524. The Morgan fingerprint density at radius 1 is 1.34 bits per heavy atom. The Hall–Kier alpha value is -2.04. The van der Waals surface area contributed by atoms with Gasteiger partial charge in [0.05, 0.1) is 22.7 Å². The average Bonchev–Trinajstić information content (AvgIpc) is 2.94. The maximum absolute atomic E-state index is 12.9. The maximum Gasteiger partial charge on any atom is 0.262 e. The van der Waals surface area contributed by atoms with Crippen LogP contribution in [-0.2, 0) is 11.3 Å². The van der Waals surface area contributed by atoms with E-state index < -0.39 is 5.54 Å². The third-order valence-electron chi connectivity index (χ3n) is 5.21. The molecule has 0 aliphatic heterocycles. The number of thioether (sulfide) groups is 1. The fourth-order valence-corrected chi connectivity index (χ4v) is 4.73. The standard InChI is InChI=1S/C21H25ClN4O2S/c1-2-11-26-19(28)16-8-7-15(22)12-17(16)24-20(26)29-13-18(27)25-21(14-23)9-5-3-4-6-10-21/h7-8,12H,2-6,9-11,13H2,1H3,(H,25,27). The first kappa shape index (κ1) is 21.7. The monoisotopic (exact) mass is 432 g/mol. The summed E-state index contributed by atoms with van der Waals surface area (Å²) in [6.45, 7) is 2.51. The average molecular weight is 433 g/mol. The molecule has 1 aliphatic rings. The molecular formula is C21H25ClN4O2S. The molecule has 1 N–H and O–H groups in total. The van der Waals surface area contributed by atoms with Gasteiger partial charge in [-0.05, 0) is 37.5 Å². The lowest BCUT2D eigenvalue weighted by atomic mass is 9.92. The molecule has 0 spiro atoms. The van der Waals surface area contributed by atoms with Crippen molar-refractivity contribution in [3.8, 4) is 6.07 Å². The molecular weight excluding hydrogens is 408 g/mol. The lowest BCUT2D eigenvalue weighted by Gasteiger charge is -2.26. The number of nitrogens with one attached hydrogen (secondary N) is 1. The van der Waals surface area contributed by atoms with E-state index in [1.165, 1.54) is 11.8 Å². The van der Waals surface area contributed by atoms with Crippen molar-refractivity contribution in [2.45, 2.75) is 69.1 Å². The van der Waals surface area contributed by atoms with Gasteiger partial charge < -0.3 is 5.32 Å². The molecule has 1 heterocycles. The molecule has 0 radical (unpaired) electrons. The zero-order valence-corrected chi connectivity index (χ0v) is 18.1. The molecule has 1 amide bonds. The minimum Gasteiger partial charge on any atom is -0.337 e. The number of aromatic nitrogens is 2. The number of rotatable bonds is 6. The summed E-state index contributed by atoms with van der Waals surface area (Å²) in [4.78, 5) is 30.1. The van der Waals surface area contributed by atoms with Crippen molar-refractivity contribution in [2.75, 3.05) is 5.75 Å². The highest BCUT2D eigenvalue weighted by molar-refractivity contribution is 7.99. The van der Waals surface area contributed by atoms with E-state index in [1.54, 1.807) is 22.8 Å². The molecule has 0 atom stereocenters. The smallest absolute Gasteiger partial charge is 0.262 e. The zero-order valence-electron chi connectivity index (χ0n) is 16.5. The van der Waals surface area contributed by atoms with Crippen molar-refractivity contribution < 1.29 is 4.79 Å². The number of nitriles is 1. The molecule has 1 saturated carbocycles. The largest absolute Gasteiger partial charge is 0.337 e. The number of halogens is 1. The van der Waals surface area contributed by atoms with E-state index in [4.69, 9.17) is 11.6 Å². The molecule has 2 aromatic rings. The highest BCUT2D eigenvalue weighted by Gasteiger charge is 2.32. The Labute approximate surface area is 179 Å². The van der Waals surface area contributed by atoms with Crippen molar-refractivity contribution in [2.24, 2.45) is 0 Å². The van der Waals surface area contributed by atoms with E-state index >= 15 is 0 Å². The number of carbonyl (C=O) groups is 1. The van der Waals surface area contributed by atoms with Gasteiger partial charge in [-0.2, -0.15) is 5.26 Å². The van der Waals surface area contributed by atoms with Crippen LogP contribution < -0.4 is 10.9 Å². The molecule has 1 aromatic heterocycles. The van der Waals surface area contributed by atoms with Crippen LogP contribution in [0.15, 0.2) is 28.2 Å². The molecule has 0 bridgehead atoms. The second-order valence-corrected chi connectivity index (χ2v) is 8.84. The minimum atomic E-state index is -0.776. The van der Waals surface area contributed by atoms with Gasteiger partial charge in [0.15, 0.2) is 5.16 Å². The van der Waals surface area contributed by atoms with Gasteiger partial charge in [0, 0.05) is 11.6 Å². The van der Waals surface area contributed by atoms with E-state index in [9.17, 15) is 14.9 Å². The number of nitrogens with zero attached hydrogens (tertiary/aromatic N) is 3. The van der Waals surface area contributed by atoms with Gasteiger partial charge >= 0.3 is 0 Å². The Morgan fingerprint density at radius 2 is 2.07 bits per heavy atom. The Balaban J connectivity index is 1.80. The second kappa shape index (κ2) is 9.64. The number of amides is 1. The molecule has 0 saturated heterocycles. The zero-order chi connectivity index (χ0) is 20.9. The molecule has 1 aliphatic carbocycles. The number of carbonyl (C=O) groups excluding carboxylic acids is 1. The van der Waals surface area contributed by atoms with Crippen LogP contribution in [0.5, 0.6) is 0 Å². The van der Waals surface area contributed by atoms with Crippen LogP contribution >= 0.6 is 23.4 Å². The van der Waals surface area contributed by atoms with Crippen LogP contribution in [0, 0.1) is 11.3 Å². The van der Waals surface area contributed by atoms with Gasteiger partial charge in [-0.15, -0.1) is 0 Å². The summed E-state index contributed by atoms with van der Waals surface area (Å²) >= 11 is 7.27. The molecule has 0 unspecified atom stereocenters. The van der Waals surface area contributed by atoms with Crippen LogP contribution in [0.4, 0.5) is 0 Å². The minimum absolute atomic E-state index is 0.103. The van der Waals surface area contributed by atoms with Gasteiger partial charge in [0.25, 0.3) is 5.56 Å². The van der Waals surface area contributed by atoms with Crippen LogP contribution in [0.25, 0.3) is 10.9 Å². The Kier molecular flexibility index (Phi) is 7.20. The summed E-state index contributed by atoms with van der Waals surface area (Å²) in [5.74, 6) is -0.104. The predicted octanol–water partition coefficient (Wildman–Crippen LogP) is 4.28. The summed E-state index contributed by atoms with van der Waals surface area (Å²) in [6, 6.07) is 7.35. The van der Waals surface area contributed by atoms with E-state index in [0.29, 0.717) is 40.5 Å². The maximum atomic E-state index is 12.9. The molecule has 1 fully saturated rings. The molecule has 8 heteroatoms. The normalized spacial score (nSPS) is 16.2. The lowest BCUT2D eigenvalue weighted by molar-refractivity contribution is -0.120. The van der Waals surface area contributed by atoms with Crippen molar-refractivity contribution in [3.63, 3.8) is 0 Å². The van der Waals surface area contributed by atoms with Crippen molar-refractivity contribution in [1.29, 1.82) is 5.26 Å².